The summed E-state index contributed by atoms with van der Waals surface area (Å²) in [4.78, 5) is 31.5. The number of hydrogen-bond acceptors (Lipinski definition) is 8. The fourth-order valence-corrected chi connectivity index (χ4v) is 4.87. The van der Waals surface area contributed by atoms with Crippen LogP contribution in [0, 0.1) is 0 Å². The lowest BCUT2D eigenvalue weighted by atomic mass is 9.89. The fourth-order valence-electron chi connectivity index (χ4n) is 4.87. The lowest BCUT2D eigenvalue weighted by Gasteiger charge is -2.46. The van der Waals surface area contributed by atoms with Crippen molar-refractivity contribution in [1.29, 1.82) is 0 Å². The Bertz CT molecular complexity index is 912. The summed E-state index contributed by atoms with van der Waals surface area (Å²) >= 11 is 0. The summed E-state index contributed by atoms with van der Waals surface area (Å²) in [7, 11) is 0. The van der Waals surface area contributed by atoms with Gasteiger partial charge in [-0.25, -0.2) is 19.7 Å². The van der Waals surface area contributed by atoms with E-state index in [2.05, 4.69) is 30.8 Å². The summed E-state index contributed by atoms with van der Waals surface area (Å²) in [6.07, 6.45) is 5.91. The van der Waals surface area contributed by atoms with Gasteiger partial charge in [0.1, 0.15) is 17.7 Å². The molecule has 2 aromatic heterocycles. The van der Waals surface area contributed by atoms with E-state index in [1.54, 1.807) is 17.4 Å². The van der Waals surface area contributed by atoms with Crippen LogP contribution >= 0.6 is 0 Å². The van der Waals surface area contributed by atoms with Gasteiger partial charge in [0.05, 0.1) is 32.0 Å². The Morgan fingerprint density at radius 1 is 1.19 bits per heavy atom. The maximum atomic E-state index is 11.9. The minimum Gasteiger partial charge on any atom is -0.450 e. The average molecular weight is 425 g/mol. The number of ether oxygens (including phenoxy) is 2. The Labute approximate surface area is 182 Å². The summed E-state index contributed by atoms with van der Waals surface area (Å²) in [6, 6.07) is 6.34. The predicted octanol–water partition coefficient (Wildman–Crippen LogP) is 1.66. The lowest BCUT2D eigenvalue weighted by Crippen LogP contribution is -2.63. The zero-order chi connectivity index (χ0) is 21.3. The highest BCUT2D eigenvalue weighted by Gasteiger charge is 2.52. The van der Waals surface area contributed by atoms with Gasteiger partial charge in [-0.1, -0.05) is 0 Å². The Morgan fingerprint density at radius 2 is 2.03 bits per heavy atom. The normalized spacial score (nSPS) is 23.1. The molecule has 2 aromatic rings. The van der Waals surface area contributed by atoms with Crippen molar-refractivity contribution in [1.82, 2.24) is 24.8 Å². The van der Waals surface area contributed by atoms with Gasteiger partial charge in [0.2, 0.25) is 0 Å². The third-order valence-corrected chi connectivity index (χ3v) is 6.45. The number of likely N-dealkylation sites (tertiary alicyclic amines) is 1. The fraction of sp³-hybridized carbons (Fsp3) is 0.545. The van der Waals surface area contributed by atoms with Crippen LogP contribution in [0.15, 0.2) is 36.9 Å². The van der Waals surface area contributed by atoms with Gasteiger partial charge in [-0.05, 0) is 31.5 Å². The first kappa shape index (κ1) is 20.1. The molecule has 3 aliphatic rings. The van der Waals surface area contributed by atoms with Gasteiger partial charge in [0, 0.05) is 50.2 Å². The molecule has 0 aromatic carbocycles. The van der Waals surface area contributed by atoms with E-state index in [9.17, 15) is 4.79 Å². The largest absolute Gasteiger partial charge is 0.450 e. The number of carbonyl (C=O) groups is 1. The maximum Gasteiger partial charge on any atom is 0.409 e. The maximum absolute atomic E-state index is 11.9. The molecule has 5 heterocycles. The molecule has 3 fully saturated rings. The molecule has 0 saturated carbocycles. The molecule has 3 aliphatic heterocycles. The molecule has 3 saturated heterocycles. The monoisotopic (exact) mass is 424 g/mol. The highest BCUT2D eigenvalue weighted by molar-refractivity contribution is 5.73. The summed E-state index contributed by atoms with van der Waals surface area (Å²) in [5.41, 5.74) is 1.74. The molecule has 164 valence electrons. The molecular formula is C22H28N6O3. The van der Waals surface area contributed by atoms with Crippen LogP contribution in [0.1, 0.15) is 13.3 Å². The molecule has 0 N–H and O–H groups in total. The first-order chi connectivity index (χ1) is 15.2. The van der Waals surface area contributed by atoms with E-state index < -0.39 is 0 Å². The van der Waals surface area contributed by atoms with Crippen molar-refractivity contribution in [2.75, 3.05) is 57.4 Å². The number of rotatable bonds is 4. The third kappa shape index (κ3) is 3.95. The molecule has 0 bridgehead atoms. The lowest BCUT2D eigenvalue weighted by molar-refractivity contribution is -0.101. The Balaban J connectivity index is 1.18. The number of piperazine rings is 1. The molecule has 0 radical (unpaired) electrons. The van der Waals surface area contributed by atoms with Crippen molar-refractivity contribution < 1.29 is 14.3 Å². The first-order valence-electron chi connectivity index (χ1n) is 10.9. The molecular weight excluding hydrogens is 396 g/mol. The van der Waals surface area contributed by atoms with Crippen LogP contribution in [0.2, 0.25) is 0 Å². The van der Waals surface area contributed by atoms with Gasteiger partial charge in [-0.2, -0.15) is 0 Å². The molecule has 5 rings (SSSR count). The van der Waals surface area contributed by atoms with Crippen molar-refractivity contribution in [2.24, 2.45) is 0 Å². The van der Waals surface area contributed by atoms with Crippen molar-refractivity contribution in [3.05, 3.63) is 36.9 Å². The van der Waals surface area contributed by atoms with E-state index in [0.717, 1.165) is 56.3 Å². The number of anilines is 1. The molecule has 1 unspecified atom stereocenters. The zero-order valence-corrected chi connectivity index (χ0v) is 17.8. The summed E-state index contributed by atoms with van der Waals surface area (Å²) in [5.74, 6) is 0.976. The second kappa shape index (κ2) is 8.39. The summed E-state index contributed by atoms with van der Waals surface area (Å²) in [5, 5.41) is 0. The minimum absolute atomic E-state index is 0.185. The van der Waals surface area contributed by atoms with E-state index in [-0.39, 0.29) is 11.7 Å². The Kier molecular flexibility index (Phi) is 5.45. The van der Waals surface area contributed by atoms with Crippen molar-refractivity contribution in [2.45, 2.75) is 25.0 Å². The van der Waals surface area contributed by atoms with Crippen LogP contribution in [-0.2, 0) is 9.47 Å². The molecule has 1 atom stereocenters. The number of pyridine rings is 1. The van der Waals surface area contributed by atoms with E-state index in [0.29, 0.717) is 25.7 Å². The number of nitrogens with zero attached hydrogens (tertiary/aromatic N) is 6. The number of aromatic nitrogens is 3. The molecule has 31 heavy (non-hydrogen) atoms. The van der Waals surface area contributed by atoms with Gasteiger partial charge in [-0.15, -0.1) is 0 Å². The quantitative estimate of drug-likeness (QED) is 0.733. The summed E-state index contributed by atoms with van der Waals surface area (Å²) in [6.45, 7) is 7.99. The number of carbonyl (C=O) groups excluding carboxylic acids is 1. The van der Waals surface area contributed by atoms with Crippen LogP contribution < -0.4 is 4.90 Å². The topological polar surface area (TPSA) is 83.9 Å². The number of amides is 1. The first-order valence-corrected chi connectivity index (χ1v) is 10.9. The molecule has 0 aliphatic carbocycles. The average Bonchev–Trinajstić information content (AvgIpc) is 3.25. The Hall–Kier alpha value is -2.78. The van der Waals surface area contributed by atoms with Gasteiger partial charge in [-0.3, -0.25) is 4.90 Å². The second-order valence-electron chi connectivity index (χ2n) is 8.40. The molecule has 9 nitrogen and oxygen atoms in total. The van der Waals surface area contributed by atoms with Crippen molar-refractivity contribution in [3.8, 4) is 11.3 Å². The summed E-state index contributed by atoms with van der Waals surface area (Å²) < 4.78 is 11.2. The standard InChI is InChI=1S/C22H28N6O3/c1-2-30-21(29)28-14-22(15-28)12-17(13-31-22)26-8-10-27(11-9-26)20-18(4-3-6-24-20)19-5-7-23-16-25-19/h3-7,16-17H,2,8-15H2,1H3. The van der Waals surface area contributed by atoms with Gasteiger partial charge < -0.3 is 19.3 Å². The van der Waals surface area contributed by atoms with Crippen LogP contribution in [0.4, 0.5) is 10.6 Å². The Morgan fingerprint density at radius 3 is 2.77 bits per heavy atom. The van der Waals surface area contributed by atoms with Gasteiger partial charge in [0.15, 0.2) is 0 Å². The smallest absolute Gasteiger partial charge is 0.409 e. The highest BCUT2D eigenvalue weighted by Crippen LogP contribution is 2.37. The van der Waals surface area contributed by atoms with E-state index in [1.165, 1.54) is 0 Å². The van der Waals surface area contributed by atoms with Gasteiger partial charge >= 0.3 is 6.09 Å². The van der Waals surface area contributed by atoms with Crippen LogP contribution in [0.3, 0.4) is 0 Å². The van der Waals surface area contributed by atoms with Crippen molar-refractivity contribution in [3.63, 3.8) is 0 Å². The SMILES string of the molecule is CCOC(=O)N1CC2(CC(N3CCN(c4ncccc4-c4ccncn4)CC3)CO2)C1. The van der Waals surface area contributed by atoms with E-state index in [1.807, 2.05) is 25.3 Å². The molecule has 1 amide bonds. The number of hydrogen-bond donors (Lipinski definition) is 0. The third-order valence-electron chi connectivity index (χ3n) is 6.45. The second-order valence-corrected chi connectivity index (χ2v) is 8.40. The molecule has 1 spiro atoms. The minimum atomic E-state index is -0.233. The van der Waals surface area contributed by atoms with Gasteiger partial charge in [0.25, 0.3) is 0 Å². The van der Waals surface area contributed by atoms with E-state index >= 15 is 0 Å². The zero-order valence-electron chi connectivity index (χ0n) is 17.8. The molecule has 9 heteroatoms. The van der Waals surface area contributed by atoms with Crippen LogP contribution in [0.25, 0.3) is 11.3 Å². The van der Waals surface area contributed by atoms with Crippen LogP contribution in [-0.4, -0.2) is 95.0 Å². The van der Waals surface area contributed by atoms with Crippen molar-refractivity contribution >= 4 is 11.9 Å². The van der Waals surface area contributed by atoms with E-state index in [4.69, 9.17) is 9.47 Å². The van der Waals surface area contributed by atoms with Crippen LogP contribution in [0.5, 0.6) is 0 Å². The highest BCUT2D eigenvalue weighted by atomic mass is 16.6. The predicted molar refractivity (Wildman–Crippen MR) is 115 cm³/mol.